The molecule has 2 heterocycles. The summed E-state index contributed by atoms with van der Waals surface area (Å²) in [6.45, 7) is 0.682. The standard InChI is InChI=1S/C30H26ClN3O3/c31-25-10-6-9-22(15-25)20-37-33-18-24-19-34(14-13-23-17-32-28-12-5-4-11-26(23)28)30(36)27(29(24)35)16-21-7-2-1-3-8-21/h1-12,15,17-19,32,35H,13-14,16,20H2/b33-18+. The molecule has 37 heavy (non-hydrogen) atoms. The zero-order chi connectivity index (χ0) is 25.6. The number of halogens is 1. The lowest BCUT2D eigenvalue weighted by atomic mass is 10.0. The molecule has 2 N–H and O–H groups in total. The largest absolute Gasteiger partial charge is 0.507 e. The molecule has 0 aliphatic rings. The molecular weight excluding hydrogens is 486 g/mol. The van der Waals surface area contributed by atoms with Crippen LogP contribution in [0, 0.1) is 0 Å². The molecule has 3 aromatic carbocycles. The van der Waals surface area contributed by atoms with Crippen LogP contribution in [-0.2, 0) is 30.8 Å². The maximum Gasteiger partial charge on any atom is 0.257 e. The summed E-state index contributed by atoms with van der Waals surface area (Å²) in [6.07, 6.45) is 6.02. The van der Waals surface area contributed by atoms with Crippen LogP contribution in [-0.4, -0.2) is 20.9 Å². The minimum Gasteiger partial charge on any atom is -0.507 e. The van der Waals surface area contributed by atoms with E-state index in [0.717, 1.165) is 27.6 Å². The second kappa shape index (κ2) is 11.2. The number of H-pyrrole nitrogens is 1. The molecule has 0 unspecified atom stereocenters. The number of oxime groups is 1. The molecule has 0 aliphatic heterocycles. The third-order valence-electron chi connectivity index (χ3n) is 6.28. The predicted molar refractivity (Wildman–Crippen MR) is 147 cm³/mol. The smallest absolute Gasteiger partial charge is 0.257 e. The maximum absolute atomic E-state index is 13.4. The van der Waals surface area contributed by atoms with Crippen LogP contribution in [0.4, 0.5) is 0 Å². The number of aryl methyl sites for hydroxylation is 2. The first-order chi connectivity index (χ1) is 18.1. The van der Waals surface area contributed by atoms with Crippen molar-refractivity contribution in [2.24, 2.45) is 5.16 Å². The van der Waals surface area contributed by atoms with Crippen molar-refractivity contribution < 1.29 is 9.94 Å². The summed E-state index contributed by atoms with van der Waals surface area (Å²) in [6, 6.07) is 25.0. The number of benzene rings is 3. The number of nitrogens with one attached hydrogen (secondary N) is 1. The lowest BCUT2D eigenvalue weighted by Gasteiger charge is -2.13. The highest BCUT2D eigenvalue weighted by Crippen LogP contribution is 2.23. The van der Waals surface area contributed by atoms with Crippen molar-refractivity contribution in [3.63, 3.8) is 0 Å². The van der Waals surface area contributed by atoms with Crippen molar-refractivity contribution in [3.8, 4) is 5.75 Å². The van der Waals surface area contributed by atoms with E-state index in [1.165, 1.54) is 6.21 Å². The lowest BCUT2D eigenvalue weighted by Crippen LogP contribution is -2.25. The third kappa shape index (κ3) is 5.76. The zero-order valence-electron chi connectivity index (χ0n) is 20.1. The highest BCUT2D eigenvalue weighted by molar-refractivity contribution is 6.30. The third-order valence-corrected chi connectivity index (χ3v) is 6.52. The summed E-state index contributed by atoms with van der Waals surface area (Å²) in [5, 5.41) is 16.8. The second-order valence-electron chi connectivity index (χ2n) is 8.82. The van der Waals surface area contributed by atoms with E-state index in [0.29, 0.717) is 35.5 Å². The van der Waals surface area contributed by atoms with Crippen molar-refractivity contribution >= 4 is 28.7 Å². The molecule has 0 aliphatic carbocycles. The minimum absolute atomic E-state index is 0.0905. The average molecular weight is 512 g/mol. The summed E-state index contributed by atoms with van der Waals surface area (Å²) in [5.41, 5.74) is 4.51. The number of nitrogens with zero attached hydrogens (tertiary/aromatic N) is 2. The Balaban J connectivity index is 1.42. The van der Waals surface area contributed by atoms with E-state index in [1.54, 1.807) is 22.9 Å². The first-order valence-corrected chi connectivity index (χ1v) is 12.4. The first-order valence-electron chi connectivity index (χ1n) is 12.0. The number of aromatic amines is 1. The molecule has 0 fully saturated rings. The lowest BCUT2D eigenvalue weighted by molar-refractivity contribution is 0.132. The SMILES string of the molecule is O=c1c(Cc2ccccc2)c(O)c(/C=N/OCc2cccc(Cl)c2)cn1CCc1c[nH]c2ccccc12. The van der Waals surface area contributed by atoms with Gasteiger partial charge in [-0.05, 0) is 41.3 Å². The number of hydrogen-bond donors (Lipinski definition) is 2. The number of fused-ring (bicyclic) bond motifs is 1. The Labute approximate surface area is 219 Å². The predicted octanol–water partition coefficient (Wildman–Crippen LogP) is 6.07. The quantitative estimate of drug-likeness (QED) is 0.186. The van der Waals surface area contributed by atoms with Crippen LogP contribution in [0.15, 0.2) is 101 Å². The molecule has 0 saturated heterocycles. The monoisotopic (exact) mass is 511 g/mol. The average Bonchev–Trinajstić information content (AvgIpc) is 3.33. The van der Waals surface area contributed by atoms with E-state index < -0.39 is 0 Å². The van der Waals surface area contributed by atoms with Gasteiger partial charge in [0.25, 0.3) is 5.56 Å². The molecule has 6 nitrogen and oxygen atoms in total. The van der Waals surface area contributed by atoms with Crippen molar-refractivity contribution in [3.05, 3.63) is 134 Å². The Morgan fingerprint density at radius 2 is 1.78 bits per heavy atom. The normalized spacial score (nSPS) is 11.4. The van der Waals surface area contributed by atoms with Gasteiger partial charge in [0.1, 0.15) is 12.4 Å². The molecule has 7 heteroatoms. The highest BCUT2D eigenvalue weighted by atomic mass is 35.5. The van der Waals surface area contributed by atoms with Gasteiger partial charge >= 0.3 is 0 Å². The minimum atomic E-state index is -0.224. The fraction of sp³-hybridized carbons (Fsp3) is 0.133. The van der Waals surface area contributed by atoms with Gasteiger partial charge in [-0.25, -0.2) is 0 Å². The van der Waals surface area contributed by atoms with Gasteiger partial charge in [0.2, 0.25) is 0 Å². The van der Waals surface area contributed by atoms with E-state index in [9.17, 15) is 9.90 Å². The number of para-hydroxylation sites is 1. The number of rotatable bonds is 9. The molecule has 0 atom stereocenters. The summed E-state index contributed by atoms with van der Waals surface area (Å²) in [4.78, 5) is 22.1. The second-order valence-corrected chi connectivity index (χ2v) is 9.26. The molecule has 0 amide bonds. The van der Waals surface area contributed by atoms with Gasteiger partial charge in [0, 0.05) is 41.3 Å². The number of aromatic hydroxyl groups is 1. The molecule has 186 valence electrons. The van der Waals surface area contributed by atoms with Crippen molar-refractivity contribution in [1.82, 2.24) is 9.55 Å². The summed E-state index contributed by atoms with van der Waals surface area (Å²) in [7, 11) is 0. The number of pyridine rings is 1. The maximum atomic E-state index is 13.4. The van der Waals surface area contributed by atoms with Gasteiger partial charge in [0.15, 0.2) is 0 Å². The van der Waals surface area contributed by atoms with Crippen LogP contribution in [0.25, 0.3) is 10.9 Å². The fourth-order valence-corrected chi connectivity index (χ4v) is 4.58. The van der Waals surface area contributed by atoms with Crippen molar-refractivity contribution in [1.29, 1.82) is 0 Å². The highest BCUT2D eigenvalue weighted by Gasteiger charge is 2.16. The number of hydrogen-bond acceptors (Lipinski definition) is 4. The molecule has 0 bridgehead atoms. The Morgan fingerprint density at radius 3 is 2.62 bits per heavy atom. The van der Waals surface area contributed by atoms with Crippen LogP contribution in [0.5, 0.6) is 5.75 Å². The molecule has 0 radical (unpaired) electrons. The molecule has 5 aromatic rings. The van der Waals surface area contributed by atoms with Crippen LogP contribution in [0.3, 0.4) is 0 Å². The van der Waals surface area contributed by atoms with Gasteiger partial charge in [-0.2, -0.15) is 0 Å². The van der Waals surface area contributed by atoms with E-state index >= 15 is 0 Å². The molecular formula is C30H26ClN3O3. The van der Waals surface area contributed by atoms with E-state index in [2.05, 4.69) is 16.2 Å². The van der Waals surface area contributed by atoms with Gasteiger partial charge < -0.3 is 19.5 Å². The van der Waals surface area contributed by atoms with E-state index in [4.69, 9.17) is 16.4 Å². The van der Waals surface area contributed by atoms with Crippen LogP contribution in [0.1, 0.15) is 27.8 Å². The van der Waals surface area contributed by atoms with Crippen LogP contribution < -0.4 is 5.56 Å². The van der Waals surface area contributed by atoms with Crippen molar-refractivity contribution in [2.45, 2.75) is 26.0 Å². The fourth-order valence-electron chi connectivity index (χ4n) is 4.37. The molecule has 2 aromatic heterocycles. The van der Waals surface area contributed by atoms with Crippen LogP contribution in [0.2, 0.25) is 5.02 Å². The zero-order valence-corrected chi connectivity index (χ0v) is 20.9. The van der Waals surface area contributed by atoms with E-state index in [-0.39, 0.29) is 17.9 Å². The van der Waals surface area contributed by atoms with Gasteiger partial charge in [-0.15, -0.1) is 0 Å². The summed E-state index contributed by atoms with van der Waals surface area (Å²) < 4.78 is 1.64. The Bertz CT molecular complexity index is 1610. The summed E-state index contributed by atoms with van der Waals surface area (Å²) in [5.74, 6) is -0.0905. The van der Waals surface area contributed by atoms with Crippen LogP contribution >= 0.6 is 11.6 Å². The van der Waals surface area contributed by atoms with E-state index in [1.807, 2.05) is 66.9 Å². The van der Waals surface area contributed by atoms with Gasteiger partial charge in [-0.3, -0.25) is 4.79 Å². The van der Waals surface area contributed by atoms with Gasteiger partial charge in [0.05, 0.1) is 17.3 Å². The molecule has 0 spiro atoms. The Morgan fingerprint density at radius 1 is 1.00 bits per heavy atom. The molecule has 5 rings (SSSR count). The van der Waals surface area contributed by atoms with Crippen molar-refractivity contribution in [2.75, 3.05) is 0 Å². The molecule has 0 saturated carbocycles. The summed E-state index contributed by atoms with van der Waals surface area (Å²) >= 11 is 6.03. The Hall–Kier alpha value is -4.29. The first kappa shape index (κ1) is 24.4. The Kier molecular flexibility index (Phi) is 7.38. The number of aromatic nitrogens is 2. The van der Waals surface area contributed by atoms with Gasteiger partial charge in [-0.1, -0.05) is 77.4 Å². The topological polar surface area (TPSA) is 79.6 Å².